The fourth-order valence-corrected chi connectivity index (χ4v) is 4.91. The molecule has 1 amide bonds. The first-order valence-corrected chi connectivity index (χ1v) is 10.7. The molecular weight excluding hydrogens is 405 g/mol. The van der Waals surface area contributed by atoms with Crippen molar-refractivity contribution in [2.75, 3.05) is 6.54 Å². The molecule has 0 saturated heterocycles. The Morgan fingerprint density at radius 3 is 1.75 bits per heavy atom. The lowest BCUT2D eigenvalue weighted by atomic mass is 10.1. The molecule has 0 fully saturated rings. The SMILES string of the molecule is CC(C)O[Si](O)(CCCCNC(=O)c1c(F)c(F)c(F)c(F)c1F)OC(C)C. The Bertz CT molecular complexity index is 664. The van der Waals surface area contributed by atoms with Crippen molar-refractivity contribution in [2.45, 2.75) is 58.8 Å². The molecule has 28 heavy (non-hydrogen) atoms. The van der Waals surface area contributed by atoms with Gasteiger partial charge in [0.15, 0.2) is 23.3 Å². The van der Waals surface area contributed by atoms with E-state index in [0.29, 0.717) is 6.42 Å². The van der Waals surface area contributed by atoms with E-state index >= 15 is 0 Å². The highest BCUT2D eigenvalue weighted by molar-refractivity contribution is 6.59. The Hall–Kier alpha value is -1.56. The molecule has 0 bridgehead atoms. The van der Waals surface area contributed by atoms with Crippen molar-refractivity contribution in [3.63, 3.8) is 0 Å². The van der Waals surface area contributed by atoms with E-state index in [0.717, 1.165) is 0 Å². The third kappa shape index (κ3) is 6.50. The van der Waals surface area contributed by atoms with Gasteiger partial charge in [0.05, 0.1) is 0 Å². The van der Waals surface area contributed by atoms with Crippen LogP contribution in [0.2, 0.25) is 6.04 Å². The summed E-state index contributed by atoms with van der Waals surface area (Å²) in [6, 6.07) is 0.182. The summed E-state index contributed by atoms with van der Waals surface area (Å²) in [7, 11) is -3.43. The molecule has 0 radical (unpaired) electrons. The molecule has 0 heterocycles. The normalized spacial score (nSPS) is 12.1. The molecule has 1 aromatic carbocycles. The zero-order valence-corrected chi connectivity index (χ0v) is 17.0. The second-order valence-corrected chi connectivity index (χ2v) is 9.10. The van der Waals surface area contributed by atoms with Gasteiger partial charge in [-0.3, -0.25) is 4.79 Å². The Morgan fingerprint density at radius 1 is 0.893 bits per heavy atom. The summed E-state index contributed by atoms with van der Waals surface area (Å²) in [5.41, 5.74) is -1.53. The van der Waals surface area contributed by atoms with Crippen LogP contribution in [0.3, 0.4) is 0 Å². The third-order valence-corrected chi connectivity index (χ3v) is 6.15. The van der Waals surface area contributed by atoms with Crippen molar-refractivity contribution in [1.29, 1.82) is 0 Å². The van der Waals surface area contributed by atoms with Crippen molar-refractivity contribution in [2.24, 2.45) is 0 Å². The van der Waals surface area contributed by atoms with Crippen LogP contribution in [-0.4, -0.2) is 38.3 Å². The molecule has 0 unspecified atom stereocenters. The van der Waals surface area contributed by atoms with Crippen molar-refractivity contribution >= 4 is 14.7 Å². The maximum absolute atomic E-state index is 13.6. The van der Waals surface area contributed by atoms with Crippen LogP contribution in [0.5, 0.6) is 0 Å². The average Bonchev–Trinajstić information content (AvgIpc) is 2.56. The Morgan fingerprint density at radius 2 is 1.32 bits per heavy atom. The summed E-state index contributed by atoms with van der Waals surface area (Å²) < 4.78 is 77.4. The van der Waals surface area contributed by atoms with Gasteiger partial charge in [-0.25, -0.2) is 22.0 Å². The molecule has 160 valence electrons. The molecule has 0 aliphatic rings. The van der Waals surface area contributed by atoms with Crippen LogP contribution >= 0.6 is 0 Å². The van der Waals surface area contributed by atoms with Gasteiger partial charge in [0.25, 0.3) is 5.91 Å². The van der Waals surface area contributed by atoms with Crippen LogP contribution in [0.25, 0.3) is 0 Å². The molecule has 0 atom stereocenters. The Kier molecular flexibility index (Phi) is 8.99. The standard InChI is InChI=1S/C17H24F5NO4Si/c1-9(2)26-28(25,27-10(3)4)8-6-5-7-23-17(24)11-12(18)14(20)16(22)15(21)13(11)19/h9-10,25H,5-8H2,1-4H3,(H,23,24). The second-order valence-electron chi connectivity index (χ2n) is 6.70. The van der Waals surface area contributed by atoms with Gasteiger partial charge in [0, 0.05) is 24.8 Å². The Balaban J connectivity index is 2.64. The van der Waals surface area contributed by atoms with Crippen molar-refractivity contribution < 1.29 is 40.4 Å². The third-order valence-electron chi connectivity index (χ3n) is 3.48. The van der Waals surface area contributed by atoms with Gasteiger partial charge in [-0.05, 0) is 40.5 Å². The number of amides is 1. The monoisotopic (exact) mass is 429 g/mol. The molecule has 0 aliphatic carbocycles. The van der Waals surface area contributed by atoms with Gasteiger partial charge < -0.3 is 19.0 Å². The van der Waals surface area contributed by atoms with E-state index in [1.165, 1.54) is 0 Å². The van der Waals surface area contributed by atoms with E-state index in [2.05, 4.69) is 5.32 Å². The highest BCUT2D eigenvalue weighted by atomic mass is 28.4. The van der Waals surface area contributed by atoms with Gasteiger partial charge in [0.2, 0.25) is 5.82 Å². The molecule has 0 aliphatic heterocycles. The largest absolute Gasteiger partial charge is 0.498 e. The first-order valence-electron chi connectivity index (χ1n) is 8.77. The van der Waals surface area contributed by atoms with Crippen molar-refractivity contribution in [3.8, 4) is 0 Å². The number of unbranched alkanes of at least 4 members (excludes halogenated alkanes) is 1. The predicted molar refractivity (Wildman–Crippen MR) is 93.0 cm³/mol. The summed E-state index contributed by atoms with van der Waals surface area (Å²) in [6.45, 7) is 6.86. The number of carbonyl (C=O) groups excluding carboxylic acids is 1. The fourth-order valence-electron chi connectivity index (χ4n) is 2.45. The van der Waals surface area contributed by atoms with E-state index in [1.54, 1.807) is 27.7 Å². The highest BCUT2D eigenvalue weighted by Crippen LogP contribution is 2.23. The molecule has 1 rings (SSSR count). The lowest BCUT2D eigenvalue weighted by Gasteiger charge is -2.28. The lowest BCUT2D eigenvalue weighted by Crippen LogP contribution is -2.46. The summed E-state index contributed by atoms with van der Waals surface area (Å²) in [5, 5.41) is 2.10. The van der Waals surface area contributed by atoms with Gasteiger partial charge in [-0.1, -0.05) is 0 Å². The zero-order valence-electron chi connectivity index (χ0n) is 16.0. The summed E-state index contributed by atoms with van der Waals surface area (Å²) in [5.74, 6) is -12.5. The molecule has 0 saturated carbocycles. The average molecular weight is 429 g/mol. The van der Waals surface area contributed by atoms with Gasteiger partial charge in [0.1, 0.15) is 5.56 Å². The molecule has 11 heteroatoms. The van der Waals surface area contributed by atoms with E-state index in [4.69, 9.17) is 8.85 Å². The molecule has 0 aromatic heterocycles. The number of hydrogen-bond donors (Lipinski definition) is 2. The lowest BCUT2D eigenvalue weighted by molar-refractivity contribution is 0.0473. The predicted octanol–water partition coefficient (Wildman–Crippen LogP) is 3.67. The Labute approximate surface area is 161 Å². The number of halogens is 5. The summed E-state index contributed by atoms with van der Waals surface area (Å²) in [6.07, 6.45) is 0.0903. The van der Waals surface area contributed by atoms with Crippen LogP contribution < -0.4 is 5.32 Å². The van der Waals surface area contributed by atoms with Crippen LogP contribution in [0.15, 0.2) is 0 Å². The number of rotatable bonds is 10. The quantitative estimate of drug-likeness (QED) is 0.196. The topological polar surface area (TPSA) is 67.8 Å². The number of nitrogens with one attached hydrogen (secondary N) is 1. The van der Waals surface area contributed by atoms with Crippen LogP contribution in [0.4, 0.5) is 22.0 Å². The van der Waals surface area contributed by atoms with Gasteiger partial charge in [-0.15, -0.1) is 0 Å². The molecule has 0 spiro atoms. The smallest absolute Gasteiger partial charge is 0.390 e. The number of benzene rings is 1. The number of carbonyl (C=O) groups is 1. The summed E-state index contributed by atoms with van der Waals surface area (Å²) in [4.78, 5) is 22.3. The summed E-state index contributed by atoms with van der Waals surface area (Å²) >= 11 is 0. The minimum Gasteiger partial charge on any atom is -0.390 e. The van der Waals surface area contributed by atoms with E-state index in [9.17, 15) is 31.5 Å². The van der Waals surface area contributed by atoms with Gasteiger partial charge in [-0.2, -0.15) is 0 Å². The van der Waals surface area contributed by atoms with Crippen LogP contribution in [-0.2, 0) is 8.85 Å². The fraction of sp³-hybridized carbons (Fsp3) is 0.588. The van der Waals surface area contributed by atoms with E-state index < -0.39 is 49.4 Å². The second kappa shape index (κ2) is 10.3. The highest BCUT2D eigenvalue weighted by Gasteiger charge is 2.38. The van der Waals surface area contributed by atoms with Crippen LogP contribution in [0, 0.1) is 29.1 Å². The first kappa shape index (κ1) is 24.5. The maximum Gasteiger partial charge on any atom is 0.498 e. The minimum atomic E-state index is -3.43. The number of hydrogen-bond acceptors (Lipinski definition) is 4. The maximum atomic E-state index is 13.6. The van der Waals surface area contributed by atoms with E-state index in [1.807, 2.05) is 0 Å². The zero-order chi connectivity index (χ0) is 21.6. The van der Waals surface area contributed by atoms with Gasteiger partial charge >= 0.3 is 8.80 Å². The molecule has 2 N–H and O–H groups in total. The molecule has 1 aromatic rings. The molecular formula is C17H24F5NO4Si. The minimum absolute atomic E-state index is 0.105. The van der Waals surface area contributed by atoms with Crippen molar-refractivity contribution in [3.05, 3.63) is 34.6 Å². The van der Waals surface area contributed by atoms with Crippen molar-refractivity contribution in [1.82, 2.24) is 5.32 Å². The first-order chi connectivity index (χ1) is 12.9. The van der Waals surface area contributed by atoms with E-state index in [-0.39, 0.29) is 31.2 Å². The molecule has 5 nitrogen and oxygen atoms in total. The van der Waals surface area contributed by atoms with Crippen LogP contribution in [0.1, 0.15) is 50.9 Å².